The molecule has 0 aromatic carbocycles. The molecular formula is C6H12O6S. The van der Waals surface area contributed by atoms with Crippen molar-refractivity contribution in [2.75, 3.05) is 6.61 Å². The first kappa shape index (κ1) is 11.2. The molecule has 5 N–H and O–H groups in total. The largest absolute Gasteiger partial charge is 0.394 e. The summed E-state index contributed by atoms with van der Waals surface area (Å²) in [4.78, 5) is 0. The zero-order valence-electron chi connectivity index (χ0n) is 6.65. The maximum atomic E-state index is 9.23. The molecule has 7 heteroatoms. The van der Waals surface area contributed by atoms with E-state index in [9.17, 15) is 10.2 Å². The van der Waals surface area contributed by atoms with Crippen LogP contribution in [0.5, 0.6) is 0 Å². The third-order valence-electron chi connectivity index (χ3n) is 1.77. The van der Waals surface area contributed by atoms with Crippen molar-refractivity contribution in [2.45, 2.75) is 29.9 Å². The van der Waals surface area contributed by atoms with Crippen LogP contribution in [0.25, 0.3) is 0 Å². The minimum Gasteiger partial charge on any atom is -0.394 e. The van der Waals surface area contributed by atoms with Crippen molar-refractivity contribution in [3.8, 4) is 0 Å². The van der Waals surface area contributed by atoms with Crippen molar-refractivity contribution in [1.82, 2.24) is 0 Å². The highest BCUT2D eigenvalue weighted by molar-refractivity contribution is 8.00. The Hall–Kier alpha value is 0.110. The van der Waals surface area contributed by atoms with Crippen LogP contribution in [-0.4, -0.2) is 62.0 Å². The average molecular weight is 212 g/mol. The average Bonchev–Trinajstić information content (AvgIpc) is 2.96. The van der Waals surface area contributed by atoms with E-state index in [0.717, 1.165) is 12.0 Å². The number of rotatable bonds is 5. The minimum atomic E-state index is -1.58. The van der Waals surface area contributed by atoms with Gasteiger partial charge in [-0.15, -0.1) is 0 Å². The molecule has 13 heavy (non-hydrogen) atoms. The van der Waals surface area contributed by atoms with Crippen molar-refractivity contribution < 1.29 is 29.7 Å². The van der Waals surface area contributed by atoms with Gasteiger partial charge in [0.25, 0.3) is 0 Å². The Balaban J connectivity index is 2.39. The van der Waals surface area contributed by atoms with Gasteiger partial charge in [0.15, 0.2) is 5.44 Å². The normalized spacial score (nSPS) is 30.7. The highest BCUT2D eigenvalue weighted by Gasteiger charge is 2.42. The fraction of sp³-hybridized carbons (Fsp3) is 1.00. The lowest BCUT2D eigenvalue weighted by Gasteiger charge is -2.23. The number of hydrogen-bond acceptors (Lipinski definition) is 7. The number of aliphatic hydroxyl groups excluding tert-OH is 5. The molecular weight excluding hydrogens is 200 g/mol. The zero-order valence-corrected chi connectivity index (χ0v) is 7.46. The number of aliphatic hydroxyl groups is 5. The molecule has 78 valence electrons. The Bertz CT molecular complexity index is 163. The Morgan fingerprint density at radius 3 is 2.08 bits per heavy atom. The topological polar surface area (TPSA) is 114 Å². The van der Waals surface area contributed by atoms with Gasteiger partial charge in [-0.2, -0.15) is 0 Å². The molecule has 0 bridgehead atoms. The maximum Gasteiger partial charge on any atom is 0.172 e. The molecule has 0 aromatic rings. The quantitative estimate of drug-likeness (QED) is 0.251. The second-order valence-electron chi connectivity index (χ2n) is 2.78. The third kappa shape index (κ3) is 2.78. The summed E-state index contributed by atoms with van der Waals surface area (Å²) in [6, 6.07) is 0. The molecule has 1 aliphatic heterocycles. The summed E-state index contributed by atoms with van der Waals surface area (Å²) in [6.07, 6.45) is -5.83. The second-order valence-corrected chi connectivity index (χ2v) is 3.63. The molecule has 1 saturated heterocycles. The summed E-state index contributed by atoms with van der Waals surface area (Å²) in [6.45, 7) is -0.677. The van der Waals surface area contributed by atoms with E-state index in [1.54, 1.807) is 0 Å². The molecule has 1 aliphatic rings. The zero-order chi connectivity index (χ0) is 10.0. The summed E-state index contributed by atoms with van der Waals surface area (Å²) in [7, 11) is 0. The van der Waals surface area contributed by atoms with E-state index in [-0.39, 0.29) is 0 Å². The fourth-order valence-electron chi connectivity index (χ4n) is 0.845. The molecule has 0 aliphatic carbocycles. The monoisotopic (exact) mass is 212 g/mol. The number of hydrogen-bond donors (Lipinski definition) is 5. The molecule has 0 radical (unpaired) electrons. The summed E-state index contributed by atoms with van der Waals surface area (Å²) in [5.74, 6) is 0. The van der Waals surface area contributed by atoms with Crippen molar-refractivity contribution in [3.05, 3.63) is 0 Å². The first-order valence-electron chi connectivity index (χ1n) is 3.73. The maximum absolute atomic E-state index is 9.23. The standard InChI is InChI=1S/C6H12O6S/c7-1-2(8)3(9)4(10)5(11)6-12-13-6/h2-11H,1H2/t2-,3-,4+,5-,6?/m1/s1. The van der Waals surface area contributed by atoms with Crippen molar-refractivity contribution in [1.29, 1.82) is 0 Å². The van der Waals surface area contributed by atoms with Gasteiger partial charge in [-0.3, -0.25) is 4.18 Å². The molecule has 0 aromatic heterocycles. The van der Waals surface area contributed by atoms with Gasteiger partial charge in [0.2, 0.25) is 0 Å². The van der Waals surface area contributed by atoms with Crippen LogP contribution in [0.1, 0.15) is 0 Å². The van der Waals surface area contributed by atoms with Crippen molar-refractivity contribution in [2.24, 2.45) is 0 Å². The van der Waals surface area contributed by atoms with Crippen LogP contribution >= 0.6 is 12.0 Å². The van der Waals surface area contributed by atoms with E-state index in [0.29, 0.717) is 0 Å². The van der Waals surface area contributed by atoms with Gasteiger partial charge >= 0.3 is 0 Å². The Labute approximate surface area is 79.0 Å². The van der Waals surface area contributed by atoms with Crippen LogP contribution in [0.4, 0.5) is 0 Å². The van der Waals surface area contributed by atoms with E-state index in [4.69, 9.17) is 15.3 Å². The van der Waals surface area contributed by atoms with Crippen LogP contribution in [0.2, 0.25) is 0 Å². The van der Waals surface area contributed by atoms with Gasteiger partial charge in [-0.1, -0.05) is 0 Å². The lowest BCUT2D eigenvalue weighted by Crippen LogP contribution is -2.47. The summed E-state index contributed by atoms with van der Waals surface area (Å²) in [5.41, 5.74) is -0.560. The summed E-state index contributed by atoms with van der Waals surface area (Å²) < 4.78 is 4.61. The predicted octanol–water partition coefficient (Wildman–Crippen LogP) is -2.57. The summed E-state index contributed by atoms with van der Waals surface area (Å²) in [5, 5.41) is 45.0. The molecule has 5 atom stereocenters. The lowest BCUT2D eigenvalue weighted by atomic mass is 10.0. The summed E-state index contributed by atoms with van der Waals surface area (Å²) >= 11 is 0.976. The molecule has 0 spiro atoms. The molecule has 1 heterocycles. The van der Waals surface area contributed by atoms with Gasteiger partial charge in [0, 0.05) is 12.0 Å². The molecule has 1 unspecified atom stereocenters. The van der Waals surface area contributed by atoms with Crippen LogP contribution in [-0.2, 0) is 4.18 Å². The third-order valence-corrected chi connectivity index (χ3v) is 2.46. The highest BCUT2D eigenvalue weighted by Crippen LogP contribution is 2.37. The highest BCUT2D eigenvalue weighted by atomic mass is 32.2. The SMILES string of the molecule is OC[C@@H](O)[C@@H](O)[C@H](O)[C@@H](O)C1OS1. The Morgan fingerprint density at radius 2 is 1.69 bits per heavy atom. The minimum absolute atomic E-state index is 0.560. The second kappa shape index (κ2) is 4.56. The van der Waals surface area contributed by atoms with Crippen LogP contribution < -0.4 is 0 Å². The van der Waals surface area contributed by atoms with Gasteiger partial charge in [0.05, 0.1) is 6.61 Å². The molecule has 1 fully saturated rings. The van der Waals surface area contributed by atoms with Crippen molar-refractivity contribution in [3.63, 3.8) is 0 Å². The molecule has 1 rings (SSSR count). The van der Waals surface area contributed by atoms with Gasteiger partial charge < -0.3 is 25.5 Å². The van der Waals surface area contributed by atoms with Crippen LogP contribution in [0.15, 0.2) is 0 Å². The predicted molar refractivity (Wildman–Crippen MR) is 43.6 cm³/mol. The van der Waals surface area contributed by atoms with E-state index in [1.165, 1.54) is 0 Å². The molecule has 0 amide bonds. The lowest BCUT2D eigenvalue weighted by molar-refractivity contribution is -0.119. The van der Waals surface area contributed by atoms with E-state index in [2.05, 4.69) is 4.18 Å². The van der Waals surface area contributed by atoms with Gasteiger partial charge in [0.1, 0.15) is 24.4 Å². The van der Waals surface area contributed by atoms with Crippen LogP contribution in [0.3, 0.4) is 0 Å². The van der Waals surface area contributed by atoms with E-state index < -0.39 is 36.5 Å². The van der Waals surface area contributed by atoms with Gasteiger partial charge in [-0.05, 0) is 0 Å². The first-order chi connectivity index (χ1) is 6.07. The smallest absolute Gasteiger partial charge is 0.172 e. The van der Waals surface area contributed by atoms with Crippen molar-refractivity contribution >= 4 is 12.0 Å². The molecule has 6 nitrogen and oxygen atoms in total. The van der Waals surface area contributed by atoms with E-state index >= 15 is 0 Å². The fourth-order valence-corrected chi connectivity index (χ4v) is 1.30. The Morgan fingerprint density at radius 1 is 1.15 bits per heavy atom. The Kier molecular flexibility index (Phi) is 3.92. The first-order valence-corrected chi connectivity index (χ1v) is 4.53. The molecule has 0 saturated carbocycles. The van der Waals surface area contributed by atoms with E-state index in [1.807, 2.05) is 0 Å². The van der Waals surface area contributed by atoms with Gasteiger partial charge in [-0.25, -0.2) is 0 Å². The van der Waals surface area contributed by atoms with Crippen LogP contribution in [0, 0.1) is 0 Å².